The van der Waals surface area contributed by atoms with E-state index >= 15 is 0 Å². The molecule has 2 rings (SSSR count). The Kier molecular flexibility index (Phi) is 5.07. The Hall–Kier alpha value is -1.94. The summed E-state index contributed by atoms with van der Waals surface area (Å²) in [7, 11) is 0. The van der Waals surface area contributed by atoms with Crippen molar-refractivity contribution in [2.24, 2.45) is 0 Å². The normalized spacial score (nSPS) is 11.7. The van der Waals surface area contributed by atoms with Crippen LogP contribution in [-0.2, 0) is 4.79 Å². The van der Waals surface area contributed by atoms with E-state index in [1.165, 1.54) is 0 Å². The first-order valence-corrected chi connectivity index (χ1v) is 7.68. The Morgan fingerprint density at radius 3 is 2.40 bits per heavy atom. The third kappa shape index (κ3) is 3.78. The fourth-order valence-electron chi connectivity index (χ4n) is 1.83. The van der Waals surface area contributed by atoms with Crippen molar-refractivity contribution in [1.29, 1.82) is 0 Å². The zero-order valence-corrected chi connectivity index (χ0v) is 12.4. The van der Waals surface area contributed by atoms with Gasteiger partial charge in [-0.15, -0.1) is 11.8 Å². The van der Waals surface area contributed by atoms with Crippen molar-refractivity contribution in [3.05, 3.63) is 54.6 Å². The van der Waals surface area contributed by atoms with Crippen molar-refractivity contribution < 1.29 is 4.79 Å². The van der Waals surface area contributed by atoms with Gasteiger partial charge in [0.15, 0.2) is 0 Å². The highest BCUT2D eigenvalue weighted by molar-refractivity contribution is 7.98. The van der Waals surface area contributed by atoms with Crippen LogP contribution in [0.4, 0.5) is 11.4 Å². The minimum atomic E-state index is -0.302. The highest BCUT2D eigenvalue weighted by Crippen LogP contribution is 2.25. The van der Waals surface area contributed by atoms with Crippen molar-refractivity contribution in [3.63, 3.8) is 0 Å². The minimum absolute atomic E-state index is 0.0490. The summed E-state index contributed by atoms with van der Waals surface area (Å²) in [5.74, 6) is -0.0490. The molecule has 1 atom stereocenters. The molecule has 0 aliphatic heterocycles. The third-order valence-electron chi connectivity index (χ3n) is 2.91. The van der Waals surface area contributed by atoms with Gasteiger partial charge in [0.05, 0.1) is 0 Å². The minimum Gasteiger partial charge on any atom is -0.373 e. The molecule has 1 amide bonds. The largest absolute Gasteiger partial charge is 0.373 e. The molecular weight excluding hydrogens is 268 g/mol. The number of thioether (sulfide) groups is 1. The second-order valence-electron chi connectivity index (χ2n) is 4.42. The van der Waals surface area contributed by atoms with Crippen LogP contribution in [0.2, 0.25) is 0 Å². The van der Waals surface area contributed by atoms with Crippen LogP contribution in [0.1, 0.15) is 6.92 Å². The lowest BCUT2D eigenvalue weighted by Crippen LogP contribution is -2.32. The molecule has 2 aromatic carbocycles. The van der Waals surface area contributed by atoms with Crippen LogP contribution in [0.5, 0.6) is 0 Å². The molecular formula is C16H18N2OS. The van der Waals surface area contributed by atoms with E-state index in [-0.39, 0.29) is 11.9 Å². The van der Waals surface area contributed by atoms with Gasteiger partial charge < -0.3 is 10.6 Å². The van der Waals surface area contributed by atoms with E-state index in [2.05, 4.69) is 10.6 Å². The maximum Gasteiger partial charge on any atom is 0.246 e. The molecule has 0 aliphatic carbocycles. The van der Waals surface area contributed by atoms with Crippen LogP contribution in [0.15, 0.2) is 59.5 Å². The number of amides is 1. The smallest absolute Gasteiger partial charge is 0.246 e. The first-order valence-electron chi connectivity index (χ1n) is 6.46. The standard InChI is InChI=1S/C16H18N2OS/c1-12(16(19)18-13-8-4-3-5-9-13)17-14-10-6-7-11-15(14)20-2/h3-12,17H,1-2H3,(H,18,19). The number of carbonyl (C=O) groups is 1. The lowest BCUT2D eigenvalue weighted by Gasteiger charge is -2.17. The first-order chi connectivity index (χ1) is 9.70. The third-order valence-corrected chi connectivity index (χ3v) is 3.71. The predicted molar refractivity (Wildman–Crippen MR) is 86.4 cm³/mol. The molecule has 0 saturated heterocycles. The van der Waals surface area contributed by atoms with Gasteiger partial charge in [0.2, 0.25) is 5.91 Å². The molecule has 20 heavy (non-hydrogen) atoms. The average molecular weight is 286 g/mol. The van der Waals surface area contributed by atoms with Crippen LogP contribution in [0.25, 0.3) is 0 Å². The zero-order valence-electron chi connectivity index (χ0n) is 11.6. The van der Waals surface area contributed by atoms with E-state index in [4.69, 9.17) is 0 Å². The number of rotatable bonds is 5. The summed E-state index contributed by atoms with van der Waals surface area (Å²) in [4.78, 5) is 13.3. The summed E-state index contributed by atoms with van der Waals surface area (Å²) in [6, 6.07) is 17.1. The number of para-hydroxylation sites is 2. The second kappa shape index (κ2) is 7.01. The molecule has 2 N–H and O–H groups in total. The number of carbonyl (C=O) groups excluding carboxylic acids is 1. The van der Waals surface area contributed by atoms with E-state index in [0.717, 1.165) is 16.3 Å². The lowest BCUT2D eigenvalue weighted by atomic mass is 10.2. The molecule has 0 aliphatic rings. The van der Waals surface area contributed by atoms with Gasteiger partial charge in [0.25, 0.3) is 0 Å². The Balaban J connectivity index is 2.01. The van der Waals surface area contributed by atoms with Gasteiger partial charge in [-0.1, -0.05) is 30.3 Å². The molecule has 0 fully saturated rings. The molecule has 104 valence electrons. The maximum absolute atomic E-state index is 12.1. The van der Waals surface area contributed by atoms with Crippen LogP contribution >= 0.6 is 11.8 Å². The summed E-state index contributed by atoms with van der Waals surface area (Å²) >= 11 is 1.66. The number of benzene rings is 2. The van der Waals surface area contributed by atoms with Crippen LogP contribution in [0, 0.1) is 0 Å². The average Bonchev–Trinajstić information content (AvgIpc) is 2.48. The van der Waals surface area contributed by atoms with Gasteiger partial charge in [-0.3, -0.25) is 4.79 Å². The van der Waals surface area contributed by atoms with Gasteiger partial charge >= 0.3 is 0 Å². The van der Waals surface area contributed by atoms with E-state index in [1.807, 2.05) is 67.8 Å². The monoisotopic (exact) mass is 286 g/mol. The summed E-state index contributed by atoms with van der Waals surface area (Å²) < 4.78 is 0. The fraction of sp³-hybridized carbons (Fsp3) is 0.188. The number of nitrogens with one attached hydrogen (secondary N) is 2. The fourth-order valence-corrected chi connectivity index (χ4v) is 2.40. The number of anilines is 2. The van der Waals surface area contributed by atoms with Crippen molar-refractivity contribution in [2.75, 3.05) is 16.9 Å². The van der Waals surface area contributed by atoms with E-state index in [0.29, 0.717) is 0 Å². The number of hydrogen-bond acceptors (Lipinski definition) is 3. The van der Waals surface area contributed by atoms with Crippen molar-refractivity contribution in [2.45, 2.75) is 17.9 Å². The Labute approximate surface area is 123 Å². The molecule has 0 aromatic heterocycles. The van der Waals surface area contributed by atoms with Crippen LogP contribution < -0.4 is 10.6 Å². The van der Waals surface area contributed by atoms with Gasteiger partial charge in [0.1, 0.15) is 6.04 Å². The van der Waals surface area contributed by atoms with Gasteiger partial charge in [-0.25, -0.2) is 0 Å². The van der Waals surface area contributed by atoms with Gasteiger partial charge in [-0.05, 0) is 37.4 Å². The molecule has 0 saturated carbocycles. The molecule has 4 heteroatoms. The van der Waals surface area contributed by atoms with Crippen molar-refractivity contribution >= 4 is 29.0 Å². The van der Waals surface area contributed by atoms with Crippen LogP contribution in [0.3, 0.4) is 0 Å². The predicted octanol–water partition coefficient (Wildman–Crippen LogP) is 3.85. The summed E-state index contributed by atoms with van der Waals surface area (Å²) in [6.07, 6.45) is 2.02. The molecule has 0 radical (unpaired) electrons. The summed E-state index contributed by atoms with van der Waals surface area (Å²) in [6.45, 7) is 1.86. The van der Waals surface area contributed by atoms with Gasteiger partial charge in [-0.2, -0.15) is 0 Å². The molecule has 0 bridgehead atoms. The van der Waals surface area contributed by atoms with Crippen molar-refractivity contribution in [1.82, 2.24) is 0 Å². The lowest BCUT2D eigenvalue weighted by molar-refractivity contribution is -0.116. The highest BCUT2D eigenvalue weighted by Gasteiger charge is 2.13. The van der Waals surface area contributed by atoms with Gasteiger partial charge in [0, 0.05) is 16.3 Å². The quantitative estimate of drug-likeness (QED) is 0.820. The van der Waals surface area contributed by atoms with Crippen LogP contribution in [-0.4, -0.2) is 18.2 Å². The molecule has 3 nitrogen and oxygen atoms in total. The topological polar surface area (TPSA) is 41.1 Å². The second-order valence-corrected chi connectivity index (χ2v) is 5.27. The number of hydrogen-bond donors (Lipinski definition) is 2. The molecule has 1 unspecified atom stereocenters. The first kappa shape index (κ1) is 14.5. The Morgan fingerprint density at radius 1 is 1.05 bits per heavy atom. The SMILES string of the molecule is CSc1ccccc1NC(C)C(=O)Nc1ccccc1. The Bertz CT molecular complexity index is 572. The van der Waals surface area contributed by atoms with E-state index in [1.54, 1.807) is 11.8 Å². The Morgan fingerprint density at radius 2 is 1.70 bits per heavy atom. The van der Waals surface area contributed by atoms with E-state index < -0.39 is 0 Å². The molecule has 0 heterocycles. The summed E-state index contributed by atoms with van der Waals surface area (Å²) in [5.41, 5.74) is 1.79. The highest BCUT2D eigenvalue weighted by atomic mass is 32.2. The summed E-state index contributed by atoms with van der Waals surface area (Å²) in [5, 5.41) is 6.14. The molecule has 0 spiro atoms. The van der Waals surface area contributed by atoms with E-state index in [9.17, 15) is 4.79 Å². The maximum atomic E-state index is 12.1. The molecule has 2 aromatic rings. The van der Waals surface area contributed by atoms with Crippen molar-refractivity contribution in [3.8, 4) is 0 Å². The zero-order chi connectivity index (χ0) is 14.4.